The number of pyridine rings is 1. The van der Waals surface area contributed by atoms with E-state index in [4.69, 9.17) is 9.47 Å². The summed E-state index contributed by atoms with van der Waals surface area (Å²) in [4.78, 5) is 37.4. The van der Waals surface area contributed by atoms with E-state index in [0.717, 1.165) is 34.0 Å². The first-order chi connectivity index (χ1) is 18.3. The van der Waals surface area contributed by atoms with Crippen molar-refractivity contribution < 1.29 is 19.1 Å². The summed E-state index contributed by atoms with van der Waals surface area (Å²) in [7, 11) is 1.93. The van der Waals surface area contributed by atoms with E-state index in [0.29, 0.717) is 27.3 Å². The average Bonchev–Trinajstić information content (AvgIpc) is 3.27. The van der Waals surface area contributed by atoms with Gasteiger partial charge in [-0.25, -0.2) is 0 Å². The second kappa shape index (κ2) is 10.6. The molecule has 2 heterocycles. The van der Waals surface area contributed by atoms with E-state index < -0.39 is 5.91 Å². The number of imide groups is 1. The first-order valence-corrected chi connectivity index (χ1v) is 12.9. The van der Waals surface area contributed by atoms with Gasteiger partial charge in [-0.05, 0) is 61.0 Å². The number of aryl methyl sites for hydroxylation is 2. The molecule has 38 heavy (non-hydrogen) atoms. The third kappa shape index (κ3) is 4.95. The molecule has 192 valence electrons. The maximum atomic E-state index is 13.5. The van der Waals surface area contributed by atoms with E-state index >= 15 is 0 Å². The molecule has 0 spiro atoms. The molecule has 0 saturated carbocycles. The van der Waals surface area contributed by atoms with Crippen LogP contribution >= 0.6 is 11.8 Å². The van der Waals surface area contributed by atoms with Crippen molar-refractivity contribution in [1.82, 2.24) is 9.88 Å². The molecule has 1 saturated heterocycles. The van der Waals surface area contributed by atoms with Crippen LogP contribution in [0.1, 0.15) is 18.1 Å². The number of rotatable bonds is 7. The van der Waals surface area contributed by atoms with E-state index in [-0.39, 0.29) is 29.6 Å². The number of nitrogens with one attached hydrogen (secondary N) is 1. The quantitative estimate of drug-likeness (QED) is 0.246. The lowest BCUT2D eigenvalue weighted by Gasteiger charge is -2.18. The molecule has 0 radical (unpaired) electrons. The van der Waals surface area contributed by atoms with Crippen LogP contribution in [0.3, 0.4) is 0 Å². The minimum absolute atomic E-state index is 0.156. The number of hydrogen-bond donors (Lipinski definition) is 1. The third-order valence-electron chi connectivity index (χ3n) is 6.41. The Hall–Kier alpha value is -4.30. The van der Waals surface area contributed by atoms with Gasteiger partial charge in [0, 0.05) is 18.0 Å². The number of nitrogens with zero attached hydrogens (tertiary/aromatic N) is 1. The highest BCUT2D eigenvalue weighted by Gasteiger charge is 2.27. The summed E-state index contributed by atoms with van der Waals surface area (Å²) in [6.07, 6.45) is 0. The number of fused-ring (bicyclic) bond motifs is 1. The van der Waals surface area contributed by atoms with Crippen LogP contribution < -0.4 is 20.2 Å². The molecule has 0 atom stereocenters. The van der Waals surface area contributed by atoms with Crippen LogP contribution in [0, 0.1) is 6.92 Å². The zero-order valence-corrected chi connectivity index (χ0v) is 22.1. The average molecular weight is 527 g/mol. The predicted octanol–water partition coefficient (Wildman–Crippen LogP) is 5.69. The number of benzene rings is 3. The van der Waals surface area contributed by atoms with Crippen LogP contribution in [0.2, 0.25) is 0 Å². The fourth-order valence-electron chi connectivity index (χ4n) is 4.45. The molecule has 1 aliphatic rings. The fraction of sp³-hybridized carbons (Fsp3) is 0.167. The molecule has 1 N–H and O–H groups in total. The zero-order valence-electron chi connectivity index (χ0n) is 21.2. The molecular weight excluding hydrogens is 500 g/mol. The van der Waals surface area contributed by atoms with Crippen molar-refractivity contribution in [3.05, 3.63) is 99.1 Å². The molecule has 1 aromatic heterocycles. The van der Waals surface area contributed by atoms with Gasteiger partial charge in [0.15, 0.2) is 5.75 Å². The molecule has 4 aromatic rings. The molecule has 0 unspecified atom stereocenters. The van der Waals surface area contributed by atoms with E-state index in [1.165, 1.54) is 0 Å². The highest BCUT2D eigenvalue weighted by molar-refractivity contribution is 8.18. The standard InChI is InChI=1S/C30H26N2O5S/c1-18-11-13-20(14-12-18)25-27(26(33)23-9-4-5-10-24(23)32(25)3)37-16-15-36-22-8-6-7-21(17-22)19(2)28-29(34)31-30(35)38-28/h4-14,17H,15-16H2,1-3H3,(H,31,34,35)/b28-19+. The Balaban J connectivity index is 1.37. The maximum absolute atomic E-state index is 13.5. The summed E-state index contributed by atoms with van der Waals surface area (Å²) < 4.78 is 14.0. The van der Waals surface area contributed by atoms with Gasteiger partial charge in [0.05, 0.1) is 16.1 Å². The number of carbonyl (C=O) groups excluding carboxylic acids is 2. The molecule has 7 nitrogen and oxygen atoms in total. The first kappa shape index (κ1) is 25.4. The first-order valence-electron chi connectivity index (χ1n) is 12.1. The fourth-order valence-corrected chi connectivity index (χ4v) is 5.19. The zero-order chi connectivity index (χ0) is 26.8. The lowest BCUT2D eigenvalue weighted by atomic mass is 10.1. The molecule has 0 aliphatic carbocycles. The van der Waals surface area contributed by atoms with Gasteiger partial charge in [-0.15, -0.1) is 0 Å². The van der Waals surface area contributed by atoms with E-state index in [1.54, 1.807) is 19.1 Å². The van der Waals surface area contributed by atoms with E-state index in [9.17, 15) is 14.4 Å². The Morgan fingerprint density at radius 3 is 2.39 bits per heavy atom. The second-order valence-electron chi connectivity index (χ2n) is 8.97. The van der Waals surface area contributed by atoms with E-state index in [2.05, 4.69) is 5.32 Å². The number of ether oxygens (including phenoxy) is 2. The number of para-hydroxylation sites is 1. The monoisotopic (exact) mass is 526 g/mol. The third-order valence-corrected chi connectivity index (χ3v) is 7.40. The van der Waals surface area contributed by atoms with Gasteiger partial charge in [0.25, 0.3) is 11.1 Å². The Labute approximate surface area is 224 Å². The van der Waals surface area contributed by atoms with Gasteiger partial charge in [-0.2, -0.15) is 0 Å². The Kier molecular flexibility index (Phi) is 7.07. The summed E-state index contributed by atoms with van der Waals surface area (Å²) in [5, 5.41) is 2.49. The van der Waals surface area contributed by atoms with Gasteiger partial charge >= 0.3 is 0 Å². The number of amides is 2. The topological polar surface area (TPSA) is 86.6 Å². The lowest BCUT2D eigenvalue weighted by molar-refractivity contribution is -0.115. The summed E-state index contributed by atoms with van der Waals surface area (Å²) in [6, 6.07) is 22.8. The number of thioether (sulfide) groups is 1. The predicted molar refractivity (Wildman–Crippen MR) is 151 cm³/mol. The van der Waals surface area contributed by atoms with E-state index in [1.807, 2.05) is 79.2 Å². The van der Waals surface area contributed by atoms with Crippen LogP contribution in [-0.2, 0) is 11.8 Å². The van der Waals surface area contributed by atoms with Gasteiger partial charge in [0.1, 0.15) is 19.0 Å². The van der Waals surface area contributed by atoms with Crippen LogP contribution in [0.15, 0.2) is 82.5 Å². The summed E-state index contributed by atoms with van der Waals surface area (Å²) in [5.41, 5.74) is 4.86. The van der Waals surface area contributed by atoms with Gasteiger partial charge in [-0.1, -0.05) is 54.1 Å². The minimum Gasteiger partial charge on any atom is -0.490 e. The van der Waals surface area contributed by atoms with Crippen molar-refractivity contribution >= 4 is 39.4 Å². The van der Waals surface area contributed by atoms with Crippen molar-refractivity contribution in [2.75, 3.05) is 13.2 Å². The maximum Gasteiger partial charge on any atom is 0.290 e. The number of carbonyl (C=O) groups is 2. The Morgan fingerprint density at radius 1 is 0.921 bits per heavy atom. The SMILES string of the molecule is C/C(=C1\SC(=O)NC1=O)c1cccc(OCCOc2c(-c3ccc(C)cc3)n(C)c3ccccc3c2=O)c1. The molecule has 1 aliphatic heterocycles. The van der Waals surface area contributed by atoms with Crippen LogP contribution in [0.25, 0.3) is 27.7 Å². The number of aromatic nitrogens is 1. The minimum atomic E-state index is -0.390. The highest BCUT2D eigenvalue weighted by Crippen LogP contribution is 2.33. The molecule has 0 bridgehead atoms. The van der Waals surface area contributed by atoms with Crippen molar-refractivity contribution in [3.8, 4) is 22.8 Å². The molecule has 8 heteroatoms. The molecular formula is C30H26N2O5S. The molecule has 5 rings (SSSR count). The highest BCUT2D eigenvalue weighted by atomic mass is 32.2. The van der Waals surface area contributed by atoms with Crippen LogP contribution in [0.5, 0.6) is 11.5 Å². The van der Waals surface area contributed by atoms with Crippen LogP contribution in [-0.4, -0.2) is 28.9 Å². The summed E-state index contributed by atoms with van der Waals surface area (Å²) >= 11 is 0.893. The smallest absolute Gasteiger partial charge is 0.290 e. The molecule has 3 aromatic carbocycles. The molecule has 2 amide bonds. The van der Waals surface area contributed by atoms with Crippen LogP contribution in [0.4, 0.5) is 4.79 Å². The van der Waals surface area contributed by atoms with Crippen molar-refractivity contribution in [1.29, 1.82) is 0 Å². The Bertz CT molecular complexity index is 1650. The van der Waals surface area contributed by atoms with Gasteiger partial charge in [0.2, 0.25) is 5.43 Å². The largest absolute Gasteiger partial charge is 0.490 e. The Morgan fingerprint density at radius 2 is 1.66 bits per heavy atom. The number of allylic oxidation sites excluding steroid dienone is 1. The lowest BCUT2D eigenvalue weighted by Crippen LogP contribution is -2.18. The second-order valence-corrected chi connectivity index (χ2v) is 9.95. The normalized spacial score (nSPS) is 14.5. The molecule has 1 fully saturated rings. The van der Waals surface area contributed by atoms with Gasteiger partial charge < -0.3 is 14.0 Å². The number of hydrogen-bond acceptors (Lipinski definition) is 6. The van der Waals surface area contributed by atoms with Gasteiger partial charge in [-0.3, -0.25) is 19.7 Å². The van der Waals surface area contributed by atoms with Crippen molar-refractivity contribution in [3.63, 3.8) is 0 Å². The van der Waals surface area contributed by atoms with Crippen molar-refractivity contribution in [2.45, 2.75) is 13.8 Å². The summed E-state index contributed by atoms with van der Waals surface area (Å²) in [6.45, 7) is 4.18. The van der Waals surface area contributed by atoms with Crippen molar-refractivity contribution in [2.24, 2.45) is 7.05 Å². The summed E-state index contributed by atoms with van der Waals surface area (Å²) in [5.74, 6) is 0.478.